The molecule has 0 amide bonds. The molecule has 2 heterocycles. The molecular formula is C15H15N3O2. The Morgan fingerprint density at radius 2 is 2.00 bits per heavy atom. The highest BCUT2D eigenvalue weighted by Gasteiger charge is 2.07. The Morgan fingerprint density at radius 1 is 1.20 bits per heavy atom. The number of fused-ring (bicyclic) bond motifs is 1. The first-order valence-corrected chi connectivity index (χ1v) is 6.49. The van der Waals surface area contributed by atoms with Crippen molar-refractivity contribution in [3.8, 4) is 16.9 Å². The van der Waals surface area contributed by atoms with Crippen LogP contribution in [0.5, 0.6) is 5.75 Å². The van der Waals surface area contributed by atoms with Gasteiger partial charge in [-0.15, -0.1) is 0 Å². The first-order valence-electron chi connectivity index (χ1n) is 6.49. The molecule has 2 aromatic heterocycles. The highest BCUT2D eigenvalue weighted by molar-refractivity contribution is 5.76. The van der Waals surface area contributed by atoms with Gasteiger partial charge in [0, 0.05) is 11.8 Å². The standard InChI is InChI=1S/C15H15N3O2/c1-2-19-12-5-3-10(4-6-12)11-7-13-15(17-9-11)18-14(8-16)20-13/h3-7,9H,2,8,16H2,1H3. The van der Waals surface area contributed by atoms with Crippen molar-refractivity contribution in [2.45, 2.75) is 13.5 Å². The van der Waals surface area contributed by atoms with Crippen molar-refractivity contribution < 1.29 is 9.15 Å². The summed E-state index contributed by atoms with van der Waals surface area (Å²) in [4.78, 5) is 8.47. The van der Waals surface area contributed by atoms with Crippen molar-refractivity contribution >= 4 is 11.2 Å². The van der Waals surface area contributed by atoms with E-state index in [0.29, 0.717) is 23.7 Å². The Hall–Kier alpha value is -2.40. The Bertz CT molecular complexity index is 720. The number of rotatable bonds is 4. The van der Waals surface area contributed by atoms with Gasteiger partial charge in [0.05, 0.1) is 13.2 Å². The van der Waals surface area contributed by atoms with Crippen molar-refractivity contribution in [3.05, 3.63) is 42.4 Å². The number of hydrogen-bond donors (Lipinski definition) is 1. The van der Waals surface area contributed by atoms with Gasteiger partial charge >= 0.3 is 0 Å². The number of ether oxygens (including phenoxy) is 1. The normalized spacial score (nSPS) is 10.9. The van der Waals surface area contributed by atoms with Gasteiger partial charge in [-0.1, -0.05) is 12.1 Å². The number of benzene rings is 1. The molecule has 0 aliphatic rings. The minimum Gasteiger partial charge on any atom is -0.494 e. The molecule has 0 saturated heterocycles. The maximum atomic E-state index is 5.52. The third-order valence-corrected chi connectivity index (χ3v) is 2.96. The highest BCUT2D eigenvalue weighted by Crippen LogP contribution is 2.25. The van der Waals surface area contributed by atoms with E-state index in [1.54, 1.807) is 6.20 Å². The third-order valence-electron chi connectivity index (χ3n) is 2.96. The smallest absolute Gasteiger partial charge is 0.210 e. The molecule has 0 aliphatic heterocycles. The Kier molecular flexibility index (Phi) is 3.35. The molecule has 2 N–H and O–H groups in total. The van der Waals surface area contributed by atoms with E-state index >= 15 is 0 Å². The van der Waals surface area contributed by atoms with E-state index in [-0.39, 0.29) is 6.54 Å². The van der Waals surface area contributed by atoms with Crippen LogP contribution in [0.4, 0.5) is 0 Å². The second-order valence-electron chi connectivity index (χ2n) is 4.31. The number of aromatic nitrogens is 2. The van der Waals surface area contributed by atoms with Crippen LogP contribution in [0.1, 0.15) is 12.8 Å². The Labute approximate surface area is 116 Å². The molecule has 0 fully saturated rings. The molecule has 0 radical (unpaired) electrons. The molecule has 20 heavy (non-hydrogen) atoms. The average Bonchev–Trinajstić information content (AvgIpc) is 2.90. The predicted molar refractivity (Wildman–Crippen MR) is 76.3 cm³/mol. The summed E-state index contributed by atoms with van der Waals surface area (Å²) in [6.07, 6.45) is 1.78. The molecular weight excluding hydrogens is 254 g/mol. The van der Waals surface area contributed by atoms with Crippen molar-refractivity contribution in [2.24, 2.45) is 5.73 Å². The van der Waals surface area contributed by atoms with Crippen LogP contribution in [0, 0.1) is 0 Å². The quantitative estimate of drug-likeness (QED) is 0.788. The third kappa shape index (κ3) is 2.35. The molecule has 0 aliphatic carbocycles. The minimum atomic E-state index is 0.273. The summed E-state index contributed by atoms with van der Waals surface area (Å²) in [5.41, 5.74) is 8.77. The zero-order valence-corrected chi connectivity index (χ0v) is 11.2. The lowest BCUT2D eigenvalue weighted by molar-refractivity contribution is 0.340. The second-order valence-corrected chi connectivity index (χ2v) is 4.31. The summed E-state index contributed by atoms with van der Waals surface area (Å²) >= 11 is 0. The first kappa shape index (κ1) is 12.6. The van der Waals surface area contributed by atoms with Gasteiger partial charge in [0.25, 0.3) is 0 Å². The van der Waals surface area contributed by atoms with E-state index in [9.17, 15) is 0 Å². The number of pyridine rings is 1. The predicted octanol–water partition coefficient (Wildman–Crippen LogP) is 2.75. The lowest BCUT2D eigenvalue weighted by Crippen LogP contribution is -1.95. The zero-order chi connectivity index (χ0) is 13.9. The van der Waals surface area contributed by atoms with Crippen LogP contribution >= 0.6 is 0 Å². The maximum Gasteiger partial charge on any atom is 0.210 e. The number of nitrogens with zero attached hydrogens (tertiary/aromatic N) is 2. The molecule has 3 aromatic rings. The topological polar surface area (TPSA) is 74.2 Å². The van der Waals surface area contributed by atoms with E-state index in [0.717, 1.165) is 16.9 Å². The summed E-state index contributed by atoms with van der Waals surface area (Å²) < 4.78 is 10.9. The molecule has 0 bridgehead atoms. The van der Waals surface area contributed by atoms with Gasteiger partial charge in [0.15, 0.2) is 11.2 Å². The van der Waals surface area contributed by atoms with Gasteiger partial charge < -0.3 is 14.9 Å². The Balaban J connectivity index is 1.96. The van der Waals surface area contributed by atoms with E-state index in [4.69, 9.17) is 14.9 Å². The van der Waals surface area contributed by atoms with E-state index in [2.05, 4.69) is 9.97 Å². The minimum absolute atomic E-state index is 0.273. The highest BCUT2D eigenvalue weighted by atomic mass is 16.5. The summed E-state index contributed by atoms with van der Waals surface area (Å²) in [7, 11) is 0. The Morgan fingerprint density at radius 3 is 2.70 bits per heavy atom. The van der Waals surface area contributed by atoms with Crippen LogP contribution in [-0.2, 0) is 6.54 Å². The molecule has 1 aromatic carbocycles. The number of nitrogens with two attached hydrogens (primary N) is 1. The van der Waals surface area contributed by atoms with Crippen LogP contribution in [-0.4, -0.2) is 16.6 Å². The summed E-state index contributed by atoms with van der Waals surface area (Å²) in [5, 5.41) is 0. The summed E-state index contributed by atoms with van der Waals surface area (Å²) in [5.74, 6) is 1.35. The SMILES string of the molecule is CCOc1ccc(-c2cnc3nc(CN)oc3c2)cc1. The van der Waals surface area contributed by atoms with Crippen LogP contribution < -0.4 is 10.5 Å². The monoisotopic (exact) mass is 269 g/mol. The summed E-state index contributed by atoms with van der Waals surface area (Å²) in [6.45, 7) is 2.90. The van der Waals surface area contributed by atoms with E-state index < -0.39 is 0 Å². The van der Waals surface area contributed by atoms with E-state index in [1.165, 1.54) is 0 Å². The molecule has 0 atom stereocenters. The lowest BCUT2D eigenvalue weighted by Gasteiger charge is -2.04. The summed E-state index contributed by atoms with van der Waals surface area (Å²) in [6, 6.07) is 9.79. The lowest BCUT2D eigenvalue weighted by atomic mass is 10.1. The fourth-order valence-electron chi connectivity index (χ4n) is 2.02. The van der Waals surface area contributed by atoms with E-state index in [1.807, 2.05) is 37.3 Å². The number of hydrogen-bond acceptors (Lipinski definition) is 5. The molecule has 0 saturated carbocycles. The maximum absolute atomic E-state index is 5.52. The average molecular weight is 269 g/mol. The molecule has 0 spiro atoms. The largest absolute Gasteiger partial charge is 0.494 e. The second kappa shape index (κ2) is 5.30. The fourth-order valence-corrected chi connectivity index (χ4v) is 2.02. The van der Waals surface area contributed by atoms with Crippen molar-refractivity contribution in [1.29, 1.82) is 0 Å². The van der Waals surface area contributed by atoms with Crippen LogP contribution in [0.15, 0.2) is 40.9 Å². The van der Waals surface area contributed by atoms with Gasteiger partial charge in [-0.3, -0.25) is 0 Å². The van der Waals surface area contributed by atoms with Crippen molar-refractivity contribution in [3.63, 3.8) is 0 Å². The van der Waals surface area contributed by atoms with Gasteiger partial charge in [-0.05, 0) is 30.7 Å². The molecule has 5 heteroatoms. The fraction of sp³-hybridized carbons (Fsp3) is 0.200. The van der Waals surface area contributed by atoms with Crippen LogP contribution in [0.2, 0.25) is 0 Å². The molecule has 0 unspecified atom stereocenters. The van der Waals surface area contributed by atoms with Gasteiger partial charge in [0.2, 0.25) is 5.89 Å². The molecule has 3 rings (SSSR count). The first-order chi connectivity index (χ1) is 9.80. The van der Waals surface area contributed by atoms with Gasteiger partial charge in [-0.2, -0.15) is 4.98 Å². The molecule has 5 nitrogen and oxygen atoms in total. The number of oxazole rings is 1. The van der Waals surface area contributed by atoms with Crippen LogP contribution in [0.3, 0.4) is 0 Å². The molecule has 102 valence electrons. The van der Waals surface area contributed by atoms with Gasteiger partial charge in [-0.25, -0.2) is 4.98 Å². The zero-order valence-electron chi connectivity index (χ0n) is 11.2. The van der Waals surface area contributed by atoms with Crippen molar-refractivity contribution in [1.82, 2.24) is 9.97 Å². The van der Waals surface area contributed by atoms with Crippen molar-refractivity contribution in [2.75, 3.05) is 6.61 Å². The van der Waals surface area contributed by atoms with Gasteiger partial charge in [0.1, 0.15) is 5.75 Å². The van der Waals surface area contributed by atoms with Crippen LogP contribution in [0.25, 0.3) is 22.4 Å².